The van der Waals surface area contributed by atoms with Gasteiger partial charge < -0.3 is 4.74 Å². The standard InChI is InChI=1S/C15H17NOS/c1-9-16-15-13(11-4-5-17-8-11)6-12(10-2-3-10)7-14(15)18-9/h6-7,10-11H,2-5,8H2,1H3. The highest BCUT2D eigenvalue weighted by molar-refractivity contribution is 7.18. The molecule has 1 saturated carbocycles. The molecular weight excluding hydrogens is 242 g/mol. The number of rotatable bonds is 2. The van der Waals surface area contributed by atoms with Crippen LogP contribution in [0.15, 0.2) is 12.1 Å². The normalized spacial score (nSPS) is 23.9. The molecule has 18 heavy (non-hydrogen) atoms. The van der Waals surface area contributed by atoms with Crippen LogP contribution in [0.1, 0.15) is 47.2 Å². The van der Waals surface area contributed by atoms with Gasteiger partial charge in [-0.2, -0.15) is 0 Å². The van der Waals surface area contributed by atoms with E-state index < -0.39 is 0 Å². The van der Waals surface area contributed by atoms with Crippen LogP contribution < -0.4 is 0 Å². The Morgan fingerprint density at radius 2 is 2.11 bits per heavy atom. The first-order valence-corrected chi connectivity index (χ1v) is 7.61. The summed E-state index contributed by atoms with van der Waals surface area (Å²) < 4.78 is 6.93. The van der Waals surface area contributed by atoms with E-state index in [-0.39, 0.29) is 0 Å². The number of aromatic nitrogens is 1. The molecule has 1 aliphatic carbocycles. The number of fused-ring (bicyclic) bond motifs is 1. The summed E-state index contributed by atoms with van der Waals surface area (Å²) in [7, 11) is 0. The first-order valence-electron chi connectivity index (χ1n) is 6.80. The Balaban J connectivity index is 1.90. The maximum atomic E-state index is 5.56. The third-order valence-corrected chi connectivity index (χ3v) is 4.99. The van der Waals surface area contributed by atoms with Crippen molar-refractivity contribution in [1.82, 2.24) is 4.98 Å². The van der Waals surface area contributed by atoms with Crippen LogP contribution in [0.4, 0.5) is 0 Å². The van der Waals surface area contributed by atoms with E-state index in [1.807, 2.05) is 11.3 Å². The van der Waals surface area contributed by atoms with Crippen molar-refractivity contribution in [2.24, 2.45) is 0 Å². The summed E-state index contributed by atoms with van der Waals surface area (Å²) in [6, 6.07) is 4.79. The number of benzene rings is 1. The molecule has 1 saturated heterocycles. The lowest BCUT2D eigenvalue weighted by molar-refractivity contribution is 0.194. The molecule has 1 aromatic carbocycles. The van der Waals surface area contributed by atoms with Crippen LogP contribution >= 0.6 is 11.3 Å². The lowest BCUT2D eigenvalue weighted by Crippen LogP contribution is -2.00. The van der Waals surface area contributed by atoms with Gasteiger partial charge in [-0.15, -0.1) is 11.3 Å². The van der Waals surface area contributed by atoms with E-state index >= 15 is 0 Å². The number of ether oxygens (including phenoxy) is 1. The fraction of sp³-hybridized carbons (Fsp3) is 0.533. The van der Waals surface area contributed by atoms with E-state index in [0.29, 0.717) is 5.92 Å². The van der Waals surface area contributed by atoms with Gasteiger partial charge in [0.25, 0.3) is 0 Å². The molecule has 1 atom stereocenters. The molecule has 1 aliphatic heterocycles. The third-order valence-electron chi connectivity index (χ3n) is 4.07. The second-order valence-electron chi connectivity index (χ2n) is 5.52. The molecule has 2 aromatic rings. The van der Waals surface area contributed by atoms with E-state index in [1.54, 1.807) is 0 Å². The zero-order chi connectivity index (χ0) is 12.1. The average Bonchev–Trinajstić information content (AvgIpc) is 2.93. The number of nitrogens with zero attached hydrogens (tertiary/aromatic N) is 1. The van der Waals surface area contributed by atoms with Crippen molar-refractivity contribution in [1.29, 1.82) is 0 Å². The minimum atomic E-state index is 0.563. The lowest BCUT2D eigenvalue weighted by atomic mass is 9.94. The molecule has 0 spiro atoms. The van der Waals surface area contributed by atoms with Crippen LogP contribution in [-0.2, 0) is 4.74 Å². The van der Waals surface area contributed by atoms with Gasteiger partial charge in [0.05, 0.1) is 21.8 Å². The number of aryl methyl sites for hydroxylation is 1. The summed E-state index contributed by atoms with van der Waals surface area (Å²) in [6.45, 7) is 3.89. The van der Waals surface area contributed by atoms with Crippen molar-refractivity contribution >= 4 is 21.6 Å². The highest BCUT2D eigenvalue weighted by atomic mass is 32.1. The molecule has 0 N–H and O–H groups in total. The maximum absolute atomic E-state index is 5.56. The summed E-state index contributed by atoms with van der Waals surface area (Å²) >= 11 is 1.83. The Morgan fingerprint density at radius 1 is 1.22 bits per heavy atom. The lowest BCUT2D eigenvalue weighted by Gasteiger charge is -2.11. The van der Waals surface area contributed by atoms with Crippen molar-refractivity contribution in [3.63, 3.8) is 0 Å². The predicted molar refractivity (Wildman–Crippen MR) is 74.5 cm³/mol. The van der Waals surface area contributed by atoms with Gasteiger partial charge in [-0.3, -0.25) is 0 Å². The molecule has 1 aromatic heterocycles. The Bertz CT molecular complexity index is 594. The third kappa shape index (κ3) is 1.77. The van der Waals surface area contributed by atoms with Crippen LogP contribution in [0.2, 0.25) is 0 Å². The van der Waals surface area contributed by atoms with Gasteiger partial charge in [0, 0.05) is 12.5 Å². The van der Waals surface area contributed by atoms with Gasteiger partial charge in [0.2, 0.25) is 0 Å². The smallest absolute Gasteiger partial charge is 0.0907 e. The zero-order valence-corrected chi connectivity index (χ0v) is 11.4. The van der Waals surface area contributed by atoms with E-state index in [4.69, 9.17) is 9.72 Å². The van der Waals surface area contributed by atoms with Gasteiger partial charge >= 0.3 is 0 Å². The van der Waals surface area contributed by atoms with Crippen molar-refractivity contribution in [3.05, 3.63) is 28.3 Å². The molecule has 1 unspecified atom stereocenters. The van der Waals surface area contributed by atoms with Gasteiger partial charge in [-0.05, 0) is 49.3 Å². The minimum absolute atomic E-state index is 0.563. The molecule has 2 fully saturated rings. The van der Waals surface area contributed by atoms with Crippen molar-refractivity contribution in [3.8, 4) is 0 Å². The second kappa shape index (κ2) is 4.04. The van der Waals surface area contributed by atoms with Gasteiger partial charge in [-0.25, -0.2) is 4.98 Å². The van der Waals surface area contributed by atoms with Crippen molar-refractivity contribution < 1.29 is 4.74 Å². The highest BCUT2D eigenvalue weighted by Crippen LogP contribution is 2.44. The topological polar surface area (TPSA) is 22.1 Å². The molecule has 4 rings (SSSR count). The van der Waals surface area contributed by atoms with Crippen LogP contribution in [0.25, 0.3) is 10.2 Å². The number of thiazole rings is 1. The van der Waals surface area contributed by atoms with Gasteiger partial charge in [0.1, 0.15) is 0 Å². The second-order valence-corrected chi connectivity index (χ2v) is 6.76. The largest absolute Gasteiger partial charge is 0.381 e. The average molecular weight is 259 g/mol. The van der Waals surface area contributed by atoms with Gasteiger partial charge in [0.15, 0.2) is 0 Å². The summed E-state index contributed by atoms with van der Waals surface area (Å²) in [6.07, 6.45) is 3.88. The predicted octanol–water partition coefficient (Wildman–Crippen LogP) is 3.99. The Hall–Kier alpha value is -0.930. The fourth-order valence-corrected chi connectivity index (χ4v) is 3.84. The molecule has 2 nitrogen and oxygen atoms in total. The molecule has 2 aliphatic rings. The van der Waals surface area contributed by atoms with E-state index in [2.05, 4.69) is 19.1 Å². The molecule has 2 heterocycles. The van der Waals surface area contributed by atoms with Crippen LogP contribution in [0, 0.1) is 6.92 Å². The van der Waals surface area contributed by atoms with E-state index in [0.717, 1.165) is 25.6 Å². The van der Waals surface area contributed by atoms with Gasteiger partial charge in [-0.1, -0.05) is 6.07 Å². The summed E-state index contributed by atoms with van der Waals surface area (Å²) in [5, 5.41) is 1.18. The molecule has 0 amide bonds. The number of hydrogen-bond donors (Lipinski definition) is 0. The van der Waals surface area contributed by atoms with E-state index in [1.165, 1.54) is 39.2 Å². The first-order chi connectivity index (χ1) is 8.81. The molecule has 0 radical (unpaired) electrons. The monoisotopic (exact) mass is 259 g/mol. The first kappa shape index (κ1) is 10.9. The summed E-state index contributed by atoms with van der Waals surface area (Å²) in [5.41, 5.74) is 4.21. The molecular formula is C15H17NOS. The molecule has 94 valence electrons. The van der Waals surface area contributed by atoms with Crippen LogP contribution in [0.5, 0.6) is 0 Å². The zero-order valence-electron chi connectivity index (χ0n) is 10.6. The SMILES string of the molecule is Cc1nc2c(C3CCOC3)cc(C3CC3)cc2s1. The Labute approximate surface area is 111 Å². The molecule has 0 bridgehead atoms. The van der Waals surface area contributed by atoms with Crippen LogP contribution in [-0.4, -0.2) is 18.2 Å². The number of hydrogen-bond acceptors (Lipinski definition) is 3. The maximum Gasteiger partial charge on any atom is 0.0907 e. The fourth-order valence-electron chi connectivity index (χ4n) is 2.93. The quantitative estimate of drug-likeness (QED) is 0.813. The summed E-state index contributed by atoms with van der Waals surface area (Å²) in [4.78, 5) is 4.74. The Kier molecular flexibility index (Phi) is 2.45. The summed E-state index contributed by atoms with van der Waals surface area (Å²) in [5.74, 6) is 1.38. The Morgan fingerprint density at radius 3 is 2.83 bits per heavy atom. The minimum Gasteiger partial charge on any atom is -0.381 e. The molecule has 3 heteroatoms. The van der Waals surface area contributed by atoms with Crippen molar-refractivity contribution in [2.45, 2.75) is 38.0 Å². The van der Waals surface area contributed by atoms with E-state index in [9.17, 15) is 0 Å². The van der Waals surface area contributed by atoms with Crippen LogP contribution in [0.3, 0.4) is 0 Å². The van der Waals surface area contributed by atoms with Crippen molar-refractivity contribution in [2.75, 3.05) is 13.2 Å². The highest BCUT2D eigenvalue weighted by Gasteiger charge is 2.27.